The van der Waals surface area contributed by atoms with Crippen LogP contribution < -0.4 is 10.6 Å². The predicted molar refractivity (Wildman–Crippen MR) is 129 cm³/mol. The number of aryl methyl sites for hydroxylation is 1. The summed E-state index contributed by atoms with van der Waals surface area (Å²) in [5, 5.41) is 21.0. The van der Waals surface area contributed by atoms with Gasteiger partial charge in [-0.1, -0.05) is 18.7 Å². The SMILES string of the molecule is C=c1c2c([nH]/c1=C/C)[C@@H](C(/C=C\C)=NC)N(C(O)c1cc(-c3ccc(C)s3)n[nH]1)CC2. The molecule has 0 aliphatic carbocycles. The molecule has 31 heavy (non-hydrogen) atoms. The topological polar surface area (TPSA) is 80.3 Å². The highest BCUT2D eigenvalue weighted by molar-refractivity contribution is 7.15. The number of allylic oxidation sites excluding steroid dienone is 1. The van der Waals surface area contributed by atoms with Crippen molar-refractivity contribution in [1.82, 2.24) is 20.1 Å². The number of aliphatic hydroxyl groups excluding tert-OH is 1. The van der Waals surface area contributed by atoms with Gasteiger partial charge in [0.1, 0.15) is 5.69 Å². The highest BCUT2D eigenvalue weighted by Crippen LogP contribution is 2.35. The van der Waals surface area contributed by atoms with E-state index in [0.717, 1.165) is 39.0 Å². The second-order valence-corrected chi connectivity index (χ2v) is 9.02. The molecule has 0 saturated carbocycles. The third-order valence-corrected chi connectivity index (χ3v) is 6.88. The Labute approximate surface area is 186 Å². The predicted octanol–water partition coefficient (Wildman–Crippen LogP) is 3.22. The first kappa shape index (κ1) is 21.5. The lowest BCUT2D eigenvalue weighted by molar-refractivity contribution is -0.0197. The number of aromatic nitrogens is 3. The Kier molecular flexibility index (Phi) is 6.09. The summed E-state index contributed by atoms with van der Waals surface area (Å²) in [7, 11) is 1.79. The molecule has 2 atom stereocenters. The first-order valence-electron chi connectivity index (χ1n) is 10.5. The Bertz CT molecular complexity index is 1250. The molecular weight excluding hydrogens is 406 g/mol. The van der Waals surface area contributed by atoms with E-state index >= 15 is 0 Å². The average molecular weight is 436 g/mol. The van der Waals surface area contributed by atoms with Gasteiger partial charge in [-0.2, -0.15) is 5.10 Å². The number of hydrogen-bond donors (Lipinski definition) is 3. The number of fused-ring (bicyclic) bond motifs is 1. The molecule has 0 saturated heterocycles. The Morgan fingerprint density at radius 1 is 1.42 bits per heavy atom. The molecular formula is C24H29N5OS. The number of aliphatic hydroxyl groups is 1. The van der Waals surface area contributed by atoms with Gasteiger partial charge in [0.25, 0.3) is 0 Å². The molecule has 3 N–H and O–H groups in total. The van der Waals surface area contributed by atoms with Crippen LogP contribution in [0.3, 0.4) is 0 Å². The van der Waals surface area contributed by atoms with E-state index in [2.05, 4.69) is 50.7 Å². The van der Waals surface area contributed by atoms with E-state index in [1.54, 1.807) is 18.4 Å². The summed E-state index contributed by atoms with van der Waals surface area (Å²) in [4.78, 5) is 12.5. The summed E-state index contributed by atoms with van der Waals surface area (Å²) >= 11 is 1.69. The smallest absolute Gasteiger partial charge is 0.150 e. The lowest BCUT2D eigenvalue weighted by Gasteiger charge is -2.38. The van der Waals surface area contributed by atoms with Crippen LogP contribution in [0, 0.1) is 6.92 Å². The number of nitrogens with zero attached hydrogens (tertiary/aromatic N) is 3. The molecule has 7 heteroatoms. The first-order valence-corrected chi connectivity index (χ1v) is 11.3. The van der Waals surface area contributed by atoms with Gasteiger partial charge in [0, 0.05) is 29.5 Å². The van der Waals surface area contributed by atoms with Gasteiger partial charge in [0.05, 0.1) is 22.3 Å². The van der Waals surface area contributed by atoms with Crippen LogP contribution in [0.5, 0.6) is 0 Å². The minimum atomic E-state index is -0.840. The molecule has 0 spiro atoms. The maximum Gasteiger partial charge on any atom is 0.150 e. The lowest BCUT2D eigenvalue weighted by atomic mass is 9.94. The third-order valence-electron chi connectivity index (χ3n) is 5.86. The lowest BCUT2D eigenvalue weighted by Crippen LogP contribution is -2.42. The molecule has 0 bridgehead atoms. The van der Waals surface area contributed by atoms with Crippen LogP contribution in [0.15, 0.2) is 35.3 Å². The van der Waals surface area contributed by atoms with Crippen molar-refractivity contribution in [1.29, 1.82) is 0 Å². The number of aromatic amines is 2. The summed E-state index contributed by atoms with van der Waals surface area (Å²) in [6, 6.07) is 5.88. The van der Waals surface area contributed by atoms with Gasteiger partial charge in [-0.25, -0.2) is 0 Å². The maximum absolute atomic E-state index is 11.4. The van der Waals surface area contributed by atoms with Gasteiger partial charge in [0.2, 0.25) is 0 Å². The van der Waals surface area contributed by atoms with Gasteiger partial charge in [-0.15, -0.1) is 11.3 Å². The summed E-state index contributed by atoms with van der Waals surface area (Å²) in [6.45, 7) is 11.0. The molecule has 0 amide bonds. The number of hydrogen-bond acceptors (Lipinski definition) is 5. The van der Waals surface area contributed by atoms with Gasteiger partial charge in [-0.05, 0) is 62.2 Å². The van der Waals surface area contributed by atoms with Crippen LogP contribution in [0.4, 0.5) is 0 Å². The summed E-state index contributed by atoms with van der Waals surface area (Å²) in [5.41, 5.74) is 4.68. The zero-order valence-corrected chi connectivity index (χ0v) is 19.3. The van der Waals surface area contributed by atoms with Gasteiger partial charge in [-0.3, -0.25) is 15.0 Å². The second kappa shape index (κ2) is 8.78. The van der Waals surface area contributed by atoms with Gasteiger partial charge in [0.15, 0.2) is 6.23 Å². The fourth-order valence-electron chi connectivity index (χ4n) is 4.31. The molecule has 1 aliphatic rings. The summed E-state index contributed by atoms with van der Waals surface area (Å²) < 4.78 is 0. The maximum atomic E-state index is 11.4. The van der Waals surface area contributed by atoms with Crippen molar-refractivity contribution in [3.63, 3.8) is 0 Å². The molecule has 4 rings (SSSR count). The van der Waals surface area contributed by atoms with Crippen LogP contribution in [0.1, 0.15) is 47.9 Å². The van der Waals surface area contributed by atoms with E-state index < -0.39 is 6.23 Å². The number of nitrogens with one attached hydrogen (secondary N) is 2. The van der Waals surface area contributed by atoms with Crippen molar-refractivity contribution in [3.05, 3.63) is 62.7 Å². The fourth-order valence-corrected chi connectivity index (χ4v) is 5.14. The van der Waals surface area contributed by atoms with Crippen LogP contribution in [-0.2, 0) is 6.42 Å². The largest absolute Gasteiger partial charge is 0.372 e. The zero-order chi connectivity index (χ0) is 22.1. The Morgan fingerprint density at radius 3 is 2.87 bits per heavy atom. The third kappa shape index (κ3) is 3.84. The van der Waals surface area contributed by atoms with Crippen LogP contribution in [-0.4, -0.2) is 44.5 Å². The monoisotopic (exact) mass is 435 g/mol. The van der Waals surface area contributed by atoms with Crippen LogP contribution in [0.2, 0.25) is 0 Å². The summed E-state index contributed by atoms with van der Waals surface area (Å²) in [6.07, 6.45) is 6.00. The van der Waals surface area contributed by atoms with Crippen molar-refractivity contribution < 1.29 is 5.11 Å². The van der Waals surface area contributed by atoms with E-state index in [1.165, 1.54) is 10.4 Å². The second-order valence-electron chi connectivity index (χ2n) is 7.73. The normalized spacial score (nSPS) is 19.3. The van der Waals surface area contributed by atoms with Crippen molar-refractivity contribution in [2.75, 3.05) is 13.6 Å². The Hall–Kier alpha value is -2.74. The highest BCUT2D eigenvalue weighted by atomic mass is 32.1. The molecule has 1 unspecified atom stereocenters. The standard InChI is InChI=1S/C24H29N5OS/c1-6-8-18(25-5)23-22-16(15(4)17(7-2)26-22)11-12-29(23)24(30)20-13-19(27-28-20)21-10-9-14(3)31-21/h6-10,13,23-24,26,30H,4,11-12H2,1-3,5H3,(H,27,28)/b8-6-,17-7+,25-18?/t23-,24?/m1/s1. The quantitative estimate of drug-likeness (QED) is 0.539. The molecule has 0 fully saturated rings. The number of thiophene rings is 1. The zero-order valence-electron chi connectivity index (χ0n) is 18.4. The van der Waals surface area contributed by atoms with Crippen LogP contribution in [0.25, 0.3) is 23.2 Å². The van der Waals surface area contributed by atoms with Crippen LogP contribution >= 0.6 is 11.3 Å². The number of rotatable bonds is 5. The highest BCUT2D eigenvalue weighted by Gasteiger charge is 2.36. The molecule has 4 heterocycles. The van der Waals surface area contributed by atoms with E-state index in [9.17, 15) is 5.11 Å². The molecule has 3 aromatic rings. The minimum absolute atomic E-state index is 0.204. The Morgan fingerprint density at radius 2 is 2.23 bits per heavy atom. The average Bonchev–Trinajstić information content (AvgIpc) is 3.50. The van der Waals surface area contributed by atoms with Gasteiger partial charge < -0.3 is 10.1 Å². The number of H-pyrrole nitrogens is 2. The number of aliphatic imine (C=N–C) groups is 1. The van der Waals surface area contributed by atoms with E-state index in [-0.39, 0.29) is 6.04 Å². The van der Waals surface area contributed by atoms with Crippen molar-refractivity contribution >= 4 is 29.7 Å². The molecule has 6 nitrogen and oxygen atoms in total. The Balaban J connectivity index is 1.75. The summed E-state index contributed by atoms with van der Waals surface area (Å²) in [5.74, 6) is 0. The first-order chi connectivity index (χ1) is 15.0. The molecule has 1 aliphatic heterocycles. The fraction of sp³-hybridized carbons (Fsp3) is 0.333. The van der Waals surface area contributed by atoms with Crippen molar-refractivity contribution in [2.45, 2.75) is 39.5 Å². The van der Waals surface area contributed by atoms with E-state index in [0.29, 0.717) is 12.2 Å². The van der Waals surface area contributed by atoms with Gasteiger partial charge >= 0.3 is 0 Å². The molecule has 0 radical (unpaired) electrons. The minimum Gasteiger partial charge on any atom is -0.372 e. The van der Waals surface area contributed by atoms with E-state index in [4.69, 9.17) is 0 Å². The van der Waals surface area contributed by atoms with Crippen molar-refractivity contribution in [3.8, 4) is 10.6 Å². The molecule has 162 valence electrons. The van der Waals surface area contributed by atoms with E-state index in [1.807, 2.05) is 38.1 Å². The van der Waals surface area contributed by atoms with Crippen molar-refractivity contribution in [2.24, 2.45) is 4.99 Å². The molecule has 3 aromatic heterocycles. The molecule has 0 aromatic carbocycles.